The molecule has 2 aromatic rings. The summed E-state index contributed by atoms with van der Waals surface area (Å²) in [5.74, 6) is 5.43. The van der Waals surface area contributed by atoms with Crippen molar-refractivity contribution >= 4 is 5.69 Å². The standard InChI is InChI=1S/C15H18FN3O/c1-20-15-7-6-10(8-12(15)16)9-14(19-18)11-4-2-3-5-13(11)17/h2-8,14,19H,9,17-18H2,1H3. The maximum absolute atomic E-state index is 13.7. The fraction of sp³-hybridized carbons (Fsp3) is 0.200. The quantitative estimate of drug-likeness (QED) is 0.444. The number of nitrogens with one attached hydrogen (secondary N) is 1. The van der Waals surface area contributed by atoms with Crippen LogP contribution >= 0.6 is 0 Å². The lowest BCUT2D eigenvalue weighted by Crippen LogP contribution is -2.30. The van der Waals surface area contributed by atoms with Gasteiger partial charge in [-0.05, 0) is 35.7 Å². The normalized spacial score (nSPS) is 12.2. The van der Waals surface area contributed by atoms with Crippen LogP contribution in [0.25, 0.3) is 0 Å². The Kier molecular flexibility index (Phi) is 4.55. The first-order valence-electron chi connectivity index (χ1n) is 6.28. The molecule has 20 heavy (non-hydrogen) atoms. The first-order valence-corrected chi connectivity index (χ1v) is 6.28. The Morgan fingerprint density at radius 1 is 1.25 bits per heavy atom. The van der Waals surface area contributed by atoms with Crippen LogP contribution in [0.15, 0.2) is 42.5 Å². The Labute approximate surface area is 117 Å². The molecule has 0 saturated carbocycles. The van der Waals surface area contributed by atoms with Crippen molar-refractivity contribution in [3.8, 4) is 5.75 Å². The highest BCUT2D eigenvalue weighted by molar-refractivity contribution is 5.48. The molecule has 1 unspecified atom stereocenters. The van der Waals surface area contributed by atoms with Crippen molar-refractivity contribution in [1.82, 2.24) is 5.43 Å². The van der Waals surface area contributed by atoms with Crippen molar-refractivity contribution in [2.45, 2.75) is 12.5 Å². The second-order valence-electron chi connectivity index (χ2n) is 4.52. The van der Waals surface area contributed by atoms with Gasteiger partial charge in [-0.15, -0.1) is 0 Å². The molecule has 2 aromatic carbocycles. The summed E-state index contributed by atoms with van der Waals surface area (Å²) in [5.41, 5.74) is 11.0. The minimum Gasteiger partial charge on any atom is -0.494 e. The molecule has 5 heteroatoms. The van der Waals surface area contributed by atoms with E-state index >= 15 is 0 Å². The highest BCUT2D eigenvalue weighted by Gasteiger charge is 2.14. The van der Waals surface area contributed by atoms with E-state index < -0.39 is 0 Å². The Morgan fingerprint density at radius 3 is 2.60 bits per heavy atom. The fourth-order valence-electron chi connectivity index (χ4n) is 2.16. The number of nitrogens with two attached hydrogens (primary N) is 2. The number of para-hydroxylation sites is 1. The van der Waals surface area contributed by atoms with Crippen LogP contribution in [0.4, 0.5) is 10.1 Å². The van der Waals surface area contributed by atoms with Crippen LogP contribution in [0.3, 0.4) is 0 Å². The van der Waals surface area contributed by atoms with Crippen LogP contribution in [0.2, 0.25) is 0 Å². The summed E-state index contributed by atoms with van der Waals surface area (Å²) in [5, 5.41) is 0. The summed E-state index contributed by atoms with van der Waals surface area (Å²) in [4.78, 5) is 0. The number of rotatable bonds is 5. The molecule has 1 atom stereocenters. The number of nitrogen functional groups attached to an aromatic ring is 1. The van der Waals surface area contributed by atoms with Gasteiger partial charge in [0.15, 0.2) is 11.6 Å². The maximum atomic E-state index is 13.7. The molecule has 5 N–H and O–H groups in total. The lowest BCUT2D eigenvalue weighted by molar-refractivity contribution is 0.386. The van der Waals surface area contributed by atoms with Gasteiger partial charge in [0.05, 0.1) is 13.2 Å². The van der Waals surface area contributed by atoms with Crippen molar-refractivity contribution in [1.29, 1.82) is 0 Å². The van der Waals surface area contributed by atoms with E-state index in [1.165, 1.54) is 13.2 Å². The number of ether oxygens (including phenoxy) is 1. The highest BCUT2D eigenvalue weighted by atomic mass is 19.1. The summed E-state index contributed by atoms with van der Waals surface area (Å²) in [6, 6.07) is 12.2. The molecule has 0 bridgehead atoms. The average molecular weight is 275 g/mol. The summed E-state index contributed by atoms with van der Waals surface area (Å²) < 4.78 is 18.6. The third-order valence-electron chi connectivity index (χ3n) is 3.23. The number of anilines is 1. The van der Waals surface area contributed by atoms with Crippen LogP contribution < -0.4 is 21.7 Å². The van der Waals surface area contributed by atoms with Gasteiger partial charge in [0.2, 0.25) is 0 Å². The van der Waals surface area contributed by atoms with Crippen LogP contribution in [0, 0.1) is 5.82 Å². The Bertz CT molecular complexity index is 589. The monoisotopic (exact) mass is 275 g/mol. The SMILES string of the molecule is COc1ccc(CC(NN)c2ccccc2N)cc1F. The number of hydrogen-bond acceptors (Lipinski definition) is 4. The van der Waals surface area contributed by atoms with Crippen LogP contribution in [-0.2, 0) is 6.42 Å². The molecule has 0 aromatic heterocycles. The van der Waals surface area contributed by atoms with E-state index in [4.69, 9.17) is 16.3 Å². The molecule has 0 amide bonds. The summed E-state index contributed by atoms with van der Waals surface area (Å²) in [7, 11) is 1.44. The van der Waals surface area contributed by atoms with E-state index in [2.05, 4.69) is 5.43 Å². The maximum Gasteiger partial charge on any atom is 0.165 e. The number of halogens is 1. The third kappa shape index (κ3) is 3.07. The first-order chi connectivity index (χ1) is 9.65. The fourth-order valence-corrected chi connectivity index (χ4v) is 2.16. The molecule has 4 nitrogen and oxygen atoms in total. The zero-order valence-corrected chi connectivity index (χ0v) is 11.3. The molecule has 0 saturated heterocycles. The van der Waals surface area contributed by atoms with E-state index in [9.17, 15) is 4.39 Å². The van der Waals surface area contributed by atoms with Gasteiger partial charge in [0, 0.05) is 5.69 Å². The number of benzene rings is 2. The molecule has 0 spiro atoms. The molecular weight excluding hydrogens is 257 g/mol. The highest BCUT2D eigenvalue weighted by Crippen LogP contribution is 2.25. The van der Waals surface area contributed by atoms with Crippen molar-refractivity contribution in [2.24, 2.45) is 5.84 Å². The summed E-state index contributed by atoms with van der Waals surface area (Å²) in [6.45, 7) is 0. The van der Waals surface area contributed by atoms with Gasteiger partial charge in [-0.2, -0.15) is 0 Å². The predicted octanol–water partition coefficient (Wildman–Crippen LogP) is 2.16. The van der Waals surface area contributed by atoms with Gasteiger partial charge in [-0.25, -0.2) is 4.39 Å². The summed E-state index contributed by atoms with van der Waals surface area (Å²) >= 11 is 0. The van der Waals surface area contributed by atoms with E-state index in [-0.39, 0.29) is 17.6 Å². The molecule has 0 radical (unpaired) electrons. The van der Waals surface area contributed by atoms with Gasteiger partial charge >= 0.3 is 0 Å². The smallest absolute Gasteiger partial charge is 0.165 e. The second kappa shape index (κ2) is 6.36. The van der Waals surface area contributed by atoms with Crippen LogP contribution in [0.5, 0.6) is 5.75 Å². The Hall–Kier alpha value is -2.11. The topological polar surface area (TPSA) is 73.3 Å². The van der Waals surface area contributed by atoms with Crippen molar-refractivity contribution in [2.75, 3.05) is 12.8 Å². The van der Waals surface area contributed by atoms with Gasteiger partial charge in [0.25, 0.3) is 0 Å². The van der Waals surface area contributed by atoms with E-state index in [1.54, 1.807) is 6.07 Å². The van der Waals surface area contributed by atoms with Crippen LogP contribution in [-0.4, -0.2) is 7.11 Å². The van der Waals surface area contributed by atoms with E-state index in [0.717, 1.165) is 11.1 Å². The molecule has 0 heterocycles. The number of methoxy groups -OCH3 is 1. The van der Waals surface area contributed by atoms with Gasteiger partial charge < -0.3 is 10.5 Å². The Morgan fingerprint density at radius 2 is 2.00 bits per heavy atom. The minimum atomic E-state index is -0.387. The molecule has 0 aliphatic carbocycles. The molecule has 0 aliphatic heterocycles. The lowest BCUT2D eigenvalue weighted by atomic mass is 9.98. The van der Waals surface area contributed by atoms with Crippen LogP contribution in [0.1, 0.15) is 17.2 Å². The van der Waals surface area contributed by atoms with Gasteiger partial charge in [-0.1, -0.05) is 24.3 Å². The van der Waals surface area contributed by atoms with E-state index in [1.807, 2.05) is 30.3 Å². The zero-order valence-electron chi connectivity index (χ0n) is 11.3. The van der Waals surface area contributed by atoms with Crippen molar-refractivity contribution in [3.05, 3.63) is 59.4 Å². The average Bonchev–Trinajstić information content (AvgIpc) is 2.46. The molecule has 106 valence electrons. The van der Waals surface area contributed by atoms with Crippen molar-refractivity contribution < 1.29 is 9.13 Å². The van der Waals surface area contributed by atoms with Gasteiger partial charge in [-0.3, -0.25) is 11.3 Å². The molecule has 0 aliphatic rings. The van der Waals surface area contributed by atoms with Gasteiger partial charge in [0.1, 0.15) is 0 Å². The third-order valence-corrected chi connectivity index (χ3v) is 3.23. The minimum absolute atomic E-state index is 0.177. The lowest BCUT2D eigenvalue weighted by Gasteiger charge is -2.18. The van der Waals surface area contributed by atoms with Crippen molar-refractivity contribution in [3.63, 3.8) is 0 Å². The molecule has 2 rings (SSSR count). The first kappa shape index (κ1) is 14.3. The van der Waals surface area contributed by atoms with E-state index in [0.29, 0.717) is 12.1 Å². The molecular formula is C15H18FN3O. The summed E-state index contributed by atoms with van der Waals surface area (Å²) in [6.07, 6.45) is 0.533. The second-order valence-corrected chi connectivity index (χ2v) is 4.52. The zero-order chi connectivity index (χ0) is 14.5. The predicted molar refractivity (Wildman–Crippen MR) is 77.6 cm³/mol. The Balaban J connectivity index is 2.23. The largest absolute Gasteiger partial charge is 0.494 e. The molecule has 0 fully saturated rings. The number of hydrogen-bond donors (Lipinski definition) is 3. The number of hydrazine groups is 1.